The van der Waals surface area contributed by atoms with Gasteiger partial charge in [0.25, 0.3) is 0 Å². The summed E-state index contributed by atoms with van der Waals surface area (Å²) in [6.07, 6.45) is -0.225. The molecule has 3 saturated heterocycles. The van der Waals surface area contributed by atoms with Crippen LogP contribution in [0.4, 0.5) is 0 Å². The van der Waals surface area contributed by atoms with Crippen molar-refractivity contribution < 1.29 is 43.3 Å². The zero-order valence-corrected chi connectivity index (χ0v) is 29.0. The van der Waals surface area contributed by atoms with E-state index in [1.165, 1.54) is 16.0 Å². The van der Waals surface area contributed by atoms with E-state index in [-0.39, 0.29) is 50.9 Å². The summed E-state index contributed by atoms with van der Waals surface area (Å²) in [5, 5.41) is 16.1. The van der Waals surface area contributed by atoms with Crippen molar-refractivity contribution in [2.24, 2.45) is 5.41 Å². The summed E-state index contributed by atoms with van der Waals surface area (Å²) < 4.78 is 20.0. The average Bonchev–Trinajstić information content (AvgIpc) is 3.74. The maximum Gasteiger partial charge on any atom is 0.327 e. The van der Waals surface area contributed by atoms with Gasteiger partial charge >= 0.3 is 5.97 Å². The number of esters is 1. The third-order valence-electron chi connectivity index (χ3n) is 10.2. The highest BCUT2D eigenvalue weighted by molar-refractivity contribution is 5.94. The second kappa shape index (κ2) is 14.6. The molecule has 1 aliphatic carbocycles. The number of fused-ring (bicyclic) bond motifs is 4. The minimum Gasteiger partial charge on any atom is -0.458 e. The van der Waals surface area contributed by atoms with Crippen LogP contribution in [0.15, 0.2) is 91.0 Å². The van der Waals surface area contributed by atoms with E-state index >= 15 is 0 Å². The van der Waals surface area contributed by atoms with E-state index in [2.05, 4.69) is 10.6 Å². The van der Waals surface area contributed by atoms with Crippen molar-refractivity contribution in [2.75, 3.05) is 33.8 Å². The topological polar surface area (TPSA) is 156 Å². The Labute approximate surface area is 301 Å². The van der Waals surface area contributed by atoms with Crippen LogP contribution in [0.2, 0.25) is 0 Å². The Kier molecular flexibility index (Phi) is 9.96. The molecule has 3 aromatic carbocycles. The third kappa shape index (κ3) is 6.28. The highest BCUT2D eigenvalue weighted by atomic mass is 16.8. The molecule has 3 N–H and O–H groups in total. The lowest BCUT2D eigenvalue weighted by Crippen LogP contribution is -2.69. The maximum atomic E-state index is 14.6. The third-order valence-corrected chi connectivity index (χ3v) is 10.2. The standard InChI is InChI=1S/C39H42N4O9/c1-42(2)31(46)18-17-25-11-9-10-12-26(25)24-43-34-36(47)49-29-23-38(34,37(48)41-20-19-30(45)40-21-22-44)35(52-43)33-32(29)50-39(51-33,27-13-5-3-6-14-27)28-15-7-4-8-16-28/h3-18,29,32-35,44H,19-24H2,1-2H3,(H,40,45)(H,41,48). The van der Waals surface area contributed by atoms with Crippen molar-refractivity contribution in [3.8, 4) is 0 Å². The molecule has 2 bridgehead atoms. The summed E-state index contributed by atoms with van der Waals surface area (Å²) in [5.74, 6) is -3.02. The first-order valence-electron chi connectivity index (χ1n) is 17.4. The summed E-state index contributed by atoms with van der Waals surface area (Å²) in [6.45, 7) is -0.0305. The quantitative estimate of drug-likeness (QED) is 0.188. The molecule has 13 heteroatoms. The van der Waals surface area contributed by atoms with Crippen molar-refractivity contribution >= 4 is 29.8 Å². The van der Waals surface area contributed by atoms with Crippen LogP contribution >= 0.6 is 0 Å². The number of benzene rings is 3. The Hall–Kier alpha value is -4.92. The van der Waals surface area contributed by atoms with Gasteiger partial charge in [0.1, 0.15) is 29.8 Å². The number of rotatable bonds is 12. The van der Waals surface area contributed by atoms with Crippen LogP contribution < -0.4 is 10.6 Å². The molecule has 1 saturated carbocycles. The molecular formula is C39H42N4O9. The van der Waals surface area contributed by atoms with Crippen molar-refractivity contribution in [3.05, 3.63) is 113 Å². The fraction of sp³-hybridized carbons (Fsp3) is 0.385. The molecule has 3 amide bonds. The molecule has 3 heterocycles. The second-order valence-electron chi connectivity index (χ2n) is 13.6. The number of aliphatic hydroxyl groups is 1. The van der Waals surface area contributed by atoms with Crippen LogP contribution in [-0.2, 0) is 50.6 Å². The highest BCUT2D eigenvalue weighted by Crippen LogP contribution is 2.59. The molecule has 6 unspecified atom stereocenters. The predicted molar refractivity (Wildman–Crippen MR) is 186 cm³/mol. The number of hydrogen-bond donors (Lipinski definition) is 3. The molecule has 52 heavy (non-hydrogen) atoms. The van der Waals surface area contributed by atoms with Crippen LogP contribution in [0.3, 0.4) is 0 Å². The molecule has 4 aliphatic rings. The van der Waals surface area contributed by atoms with Crippen LogP contribution in [0.25, 0.3) is 6.08 Å². The van der Waals surface area contributed by atoms with E-state index in [1.807, 2.05) is 84.9 Å². The van der Waals surface area contributed by atoms with Gasteiger partial charge in [-0.1, -0.05) is 84.9 Å². The largest absolute Gasteiger partial charge is 0.458 e. The molecule has 0 spiro atoms. The molecule has 4 fully saturated rings. The monoisotopic (exact) mass is 710 g/mol. The Morgan fingerprint density at radius 1 is 0.904 bits per heavy atom. The number of carbonyl (C=O) groups excluding carboxylic acids is 4. The Balaban J connectivity index is 1.27. The second-order valence-corrected chi connectivity index (χ2v) is 13.6. The van der Waals surface area contributed by atoms with E-state index in [1.54, 1.807) is 20.2 Å². The van der Waals surface area contributed by atoms with Gasteiger partial charge in [-0.25, -0.2) is 0 Å². The fourth-order valence-electron chi connectivity index (χ4n) is 7.75. The predicted octanol–water partition coefficient (Wildman–Crippen LogP) is 1.89. The van der Waals surface area contributed by atoms with Gasteiger partial charge < -0.3 is 34.9 Å². The Bertz CT molecular complexity index is 1800. The van der Waals surface area contributed by atoms with E-state index in [9.17, 15) is 19.2 Å². The summed E-state index contributed by atoms with van der Waals surface area (Å²) in [6, 6.07) is 25.2. The van der Waals surface area contributed by atoms with Gasteiger partial charge in [-0.2, -0.15) is 5.06 Å². The first-order chi connectivity index (χ1) is 25.2. The Morgan fingerprint density at radius 2 is 1.56 bits per heavy atom. The van der Waals surface area contributed by atoms with Gasteiger partial charge in [-0.05, 0) is 17.2 Å². The first kappa shape index (κ1) is 35.5. The number of hydrogen-bond acceptors (Lipinski definition) is 10. The zero-order valence-electron chi connectivity index (χ0n) is 29.0. The van der Waals surface area contributed by atoms with Gasteiger partial charge in [-0.3, -0.25) is 24.0 Å². The highest BCUT2D eigenvalue weighted by Gasteiger charge is 2.76. The number of carbonyl (C=O) groups is 4. The van der Waals surface area contributed by atoms with Gasteiger partial charge in [0.15, 0.2) is 6.04 Å². The summed E-state index contributed by atoms with van der Waals surface area (Å²) in [5.41, 5.74) is 1.46. The molecule has 7 rings (SSSR count). The number of ether oxygens (including phenoxy) is 3. The molecular weight excluding hydrogens is 668 g/mol. The minimum atomic E-state index is -1.47. The van der Waals surface area contributed by atoms with Gasteiger partial charge in [0.2, 0.25) is 23.5 Å². The summed E-state index contributed by atoms with van der Waals surface area (Å²) in [4.78, 5) is 61.7. The zero-order chi connectivity index (χ0) is 36.5. The summed E-state index contributed by atoms with van der Waals surface area (Å²) >= 11 is 0. The number of nitrogens with one attached hydrogen (secondary N) is 2. The van der Waals surface area contributed by atoms with Crippen LogP contribution in [-0.4, -0.2) is 103 Å². The fourth-order valence-corrected chi connectivity index (χ4v) is 7.75. The lowest BCUT2D eigenvalue weighted by molar-refractivity contribution is -0.213. The number of amides is 3. The van der Waals surface area contributed by atoms with Crippen LogP contribution in [0, 0.1) is 5.41 Å². The van der Waals surface area contributed by atoms with Gasteiger partial charge in [0.05, 0.1) is 13.2 Å². The molecule has 3 aliphatic heterocycles. The lowest BCUT2D eigenvalue weighted by atomic mass is 9.62. The number of hydroxylamine groups is 2. The van der Waals surface area contributed by atoms with E-state index < -0.39 is 53.5 Å². The molecule has 13 nitrogen and oxygen atoms in total. The molecule has 272 valence electrons. The molecule has 3 aromatic rings. The van der Waals surface area contributed by atoms with E-state index in [0.717, 1.165) is 22.3 Å². The number of aliphatic hydroxyl groups excluding tert-OH is 1. The van der Waals surface area contributed by atoms with Crippen molar-refractivity contribution in [1.82, 2.24) is 20.6 Å². The smallest absolute Gasteiger partial charge is 0.327 e. The van der Waals surface area contributed by atoms with Crippen LogP contribution in [0.1, 0.15) is 35.1 Å². The Morgan fingerprint density at radius 3 is 2.23 bits per heavy atom. The van der Waals surface area contributed by atoms with Gasteiger partial charge in [-0.15, -0.1) is 0 Å². The number of nitrogens with zero attached hydrogens (tertiary/aromatic N) is 2. The molecule has 0 radical (unpaired) electrons. The van der Waals surface area contributed by atoms with Crippen molar-refractivity contribution in [2.45, 2.75) is 55.6 Å². The maximum absolute atomic E-state index is 14.6. The SMILES string of the molecule is CN(C)C(=O)C=Cc1ccccc1CN1OC2C3OC(c4ccccc4)(c4ccccc4)OC3C3CC2(C(=O)NCCC(=O)NCCO)C1C(=O)O3. The van der Waals surface area contributed by atoms with E-state index in [0.29, 0.717) is 0 Å². The van der Waals surface area contributed by atoms with Crippen molar-refractivity contribution in [1.29, 1.82) is 0 Å². The van der Waals surface area contributed by atoms with Crippen molar-refractivity contribution in [3.63, 3.8) is 0 Å². The lowest BCUT2D eigenvalue weighted by Gasteiger charge is -2.48. The normalized spacial score (nSPS) is 27.1. The number of likely N-dealkylation sites (N-methyl/N-ethyl adjacent to an activating group) is 1. The minimum absolute atomic E-state index is 0.00600. The average molecular weight is 711 g/mol. The van der Waals surface area contributed by atoms with Gasteiger partial charge in [0, 0.05) is 57.2 Å². The van der Waals surface area contributed by atoms with Crippen LogP contribution in [0.5, 0.6) is 0 Å². The van der Waals surface area contributed by atoms with E-state index in [4.69, 9.17) is 24.2 Å². The molecule has 0 aromatic heterocycles. The molecule has 6 atom stereocenters. The first-order valence-corrected chi connectivity index (χ1v) is 17.4. The summed E-state index contributed by atoms with van der Waals surface area (Å²) in [7, 11) is 3.33.